The Morgan fingerprint density at radius 2 is 1.73 bits per heavy atom. The van der Waals surface area contributed by atoms with Crippen LogP contribution in [0.1, 0.15) is 0 Å². The van der Waals surface area contributed by atoms with Gasteiger partial charge in [0.05, 0.1) is 18.4 Å². The van der Waals surface area contributed by atoms with Crippen LogP contribution >= 0.6 is 11.8 Å². The lowest BCUT2D eigenvalue weighted by molar-refractivity contribution is -0.141. The fraction of sp³-hybridized carbons (Fsp3) is 0.500. The third kappa shape index (κ3) is 1.01. The van der Waals surface area contributed by atoms with Gasteiger partial charge >= 0.3 is 0 Å². The molecule has 0 saturated carbocycles. The van der Waals surface area contributed by atoms with Crippen LogP contribution in [0.2, 0.25) is 0 Å². The molecule has 2 bridgehead atoms. The molecule has 5 heteroatoms. The summed E-state index contributed by atoms with van der Waals surface area (Å²) in [5.74, 6) is -0.752. The summed E-state index contributed by atoms with van der Waals surface area (Å²) >= 11 is 1.68. The van der Waals surface area contributed by atoms with Crippen LogP contribution in [0.15, 0.2) is 12.2 Å². The number of hydrogen-bond donors (Lipinski definition) is 0. The summed E-state index contributed by atoms with van der Waals surface area (Å²) in [5.41, 5.74) is 0. The predicted octanol–water partition coefficient (Wildman–Crippen LogP) is -0.160. The normalized spacial score (nSPS) is 41.5. The maximum Gasteiger partial charge on any atom is 0.234 e. The van der Waals surface area contributed by atoms with E-state index in [2.05, 4.69) is 0 Å². The van der Waals surface area contributed by atoms with Crippen LogP contribution in [-0.4, -0.2) is 40.0 Å². The number of thioether (sulfide) groups is 1. The Morgan fingerprint density at radius 1 is 1.20 bits per heavy atom. The number of imide groups is 1. The maximum atomic E-state index is 11.9. The van der Waals surface area contributed by atoms with Crippen molar-refractivity contribution in [1.82, 2.24) is 4.90 Å². The van der Waals surface area contributed by atoms with Gasteiger partial charge in [-0.1, -0.05) is 12.2 Å². The van der Waals surface area contributed by atoms with Gasteiger partial charge in [-0.2, -0.15) is 0 Å². The van der Waals surface area contributed by atoms with Crippen molar-refractivity contribution in [3.05, 3.63) is 12.2 Å². The second kappa shape index (κ2) is 2.95. The van der Waals surface area contributed by atoms with E-state index < -0.39 is 0 Å². The molecule has 15 heavy (non-hydrogen) atoms. The van der Waals surface area contributed by atoms with Crippen molar-refractivity contribution in [2.75, 3.05) is 6.54 Å². The van der Waals surface area contributed by atoms with Crippen molar-refractivity contribution in [1.29, 1.82) is 0 Å². The Kier molecular flexibility index (Phi) is 1.80. The molecule has 2 saturated heterocycles. The number of aldehydes is 1. The average Bonchev–Trinajstić information content (AvgIpc) is 2.87. The van der Waals surface area contributed by atoms with Crippen LogP contribution in [0, 0.1) is 11.8 Å². The first-order valence-corrected chi connectivity index (χ1v) is 5.81. The fourth-order valence-electron chi connectivity index (χ4n) is 2.62. The zero-order chi connectivity index (χ0) is 10.6. The van der Waals surface area contributed by atoms with Gasteiger partial charge < -0.3 is 4.79 Å². The third-order valence-corrected chi connectivity index (χ3v) is 4.79. The molecule has 0 aromatic rings. The first kappa shape index (κ1) is 9.15. The Morgan fingerprint density at radius 3 is 2.20 bits per heavy atom. The van der Waals surface area contributed by atoms with Gasteiger partial charge in [-0.25, -0.2) is 0 Å². The first-order chi connectivity index (χ1) is 7.24. The predicted molar refractivity (Wildman–Crippen MR) is 54.1 cm³/mol. The van der Waals surface area contributed by atoms with Crippen LogP contribution in [0.25, 0.3) is 0 Å². The number of fused-ring (bicyclic) bond motifs is 5. The van der Waals surface area contributed by atoms with Crippen molar-refractivity contribution < 1.29 is 14.4 Å². The number of nitrogens with zero attached hydrogens (tertiary/aromatic N) is 1. The Hall–Kier alpha value is -1.10. The van der Waals surface area contributed by atoms with E-state index in [1.54, 1.807) is 11.8 Å². The number of hydrogen-bond acceptors (Lipinski definition) is 4. The molecule has 2 fully saturated rings. The van der Waals surface area contributed by atoms with Gasteiger partial charge in [-0.15, -0.1) is 11.8 Å². The second-order valence-electron chi connectivity index (χ2n) is 3.96. The van der Waals surface area contributed by atoms with Gasteiger partial charge in [0, 0.05) is 10.5 Å². The molecule has 0 aliphatic carbocycles. The highest BCUT2D eigenvalue weighted by molar-refractivity contribution is 8.01. The van der Waals surface area contributed by atoms with Crippen LogP contribution in [0.5, 0.6) is 0 Å². The Labute approximate surface area is 90.7 Å². The van der Waals surface area contributed by atoms with E-state index in [1.165, 1.54) is 0 Å². The Balaban J connectivity index is 1.96. The highest BCUT2D eigenvalue weighted by atomic mass is 32.2. The lowest BCUT2D eigenvalue weighted by Crippen LogP contribution is -2.34. The minimum atomic E-state index is -0.211. The molecule has 4 nitrogen and oxygen atoms in total. The van der Waals surface area contributed by atoms with Gasteiger partial charge in [0.25, 0.3) is 0 Å². The monoisotopic (exact) mass is 223 g/mol. The quantitative estimate of drug-likeness (QED) is 0.371. The lowest BCUT2D eigenvalue weighted by atomic mass is 9.85. The largest absolute Gasteiger partial charge is 0.301 e. The minimum Gasteiger partial charge on any atom is -0.301 e. The van der Waals surface area contributed by atoms with Gasteiger partial charge in [-0.3, -0.25) is 14.5 Å². The van der Waals surface area contributed by atoms with Crippen molar-refractivity contribution in [2.45, 2.75) is 10.5 Å². The molecule has 0 N–H and O–H groups in total. The van der Waals surface area contributed by atoms with E-state index in [1.807, 2.05) is 12.2 Å². The molecule has 3 aliphatic rings. The molecule has 4 unspecified atom stereocenters. The standard InChI is InChI=1S/C10H9NO3S/c12-4-3-11-9(13)7-5-1-2-6(15-5)8(7)10(11)14/h1-2,4-8H,3H2. The maximum absolute atomic E-state index is 11.9. The van der Waals surface area contributed by atoms with E-state index >= 15 is 0 Å². The topological polar surface area (TPSA) is 54.5 Å². The summed E-state index contributed by atoms with van der Waals surface area (Å²) in [6, 6.07) is 0. The third-order valence-electron chi connectivity index (χ3n) is 3.26. The number of carbonyl (C=O) groups is 3. The summed E-state index contributed by atoms with van der Waals surface area (Å²) in [6.45, 7) is -0.0885. The van der Waals surface area contributed by atoms with Crippen molar-refractivity contribution in [2.24, 2.45) is 11.8 Å². The van der Waals surface area contributed by atoms with E-state index in [0.29, 0.717) is 6.29 Å². The zero-order valence-electron chi connectivity index (χ0n) is 7.83. The van der Waals surface area contributed by atoms with E-state index in [9.17, 15) is 14.4 Å². The molecule has 0 aromatic carbocycles. The molecule has 2 amide bonds. The van der Waals surface area contributed by atoms with Crippen LogP contribution in [0.3, 0.4) is 0 Å². The van der Waals surface area contributed by atoms with Crippen LogP contribution in [-0.2, 0) is 14.4 Å². The average molecular weight is 223 g/mol. The summed E-state index contributed by atoms with van der Waals surface area (Å²) < 4.78 is 0. The SMILES string of the molecule is O=CCN1C(=O)C2C3C=CC(S3)C2C1=O. The second-order valence-corrected chi connectivity index (χ2v) is 5.32. The molecular weight excluding hydrogens is 214 g/mol. The number of rotatable bonds is 2. The molecule has 3 rings (SSSR count). The molecular formula is C10H9NO3S. The molecule has 4 atom stereocenters. The van der Waals surface area contributed by atoms with E-state index in [4.69, 9.17) is 0 Å². The van der Waals surface area contributed by atoms with Gasteiger partial charge in [0.1, 0.15) is 6.29 Å². The van der Waals surface area contributed by atoms with Gasteiger partial charge in [0.2, 0.25) is 11.8 Å². The molecule has 3 aliphatic heterocycles. The molecule has 3 heterocycles. The summed E-state index contributed by atoms with van der Waals surface area (Å²) in [7, 11) is 0. The molecule has 0 radical (unpaired) electrons. The van der Waals surface area contributed by atoms with E-state index in [0.717, 1.165) is 4.90 Å². The van der Waals surface area contributed by atoms with Crippen LogP contribution < -0.4 is 0 Å². The summed E-state index contributed by atoms with van der Waals surface area (Å²) in [4.78, 5) is 35.2. The molecule has 0 aromatic heterocycles. The molecule has 78 valence electrons. The van der Waals surface area contributed by atoms with E-state index in [-0.39, 0.29) is 40.7 Å². The van der Waals surface area contributed by atoms with Crippen molar-refractivity contribution in [3.63, 3.8) is 0 Å². The zero-order valence-corrected chi connectivity index (χ0v) is 8.65. The smallest absolute Gasteiger partial charge is 0.234 e. The molecule has 0 spiro atoms. The lowest BCUT2D eigenvalue weighted by Gasteiger charge is -2.13. The van der Waals surface area contributed by atoms with Gasteiger partial charge in [0.15, 0.2) is 0 Å². The number of likely N-dealkylation sites (tertiary alicyclic amines) is 1. The van der Waals surface area contributed by atoms with Crippen molar-refractivity contribution >= 4 is 29.9 Å². The first-order valence-electron chi connectivity index (χ1n) is 4.86. The number of carbonyl (C=O) groups excluding carboxylic acids is 3. The Bertz CT molecular complexity index is 362. The van der Waals surface area contributed by atoms with Gasteiger partial charge in [-0.05, 0) is 0 Å². The summed E-state index contributed by atoms with van der Waals surface area (Å²) in [6.07, 6.45) is 4.62. The minimum absolute atomic E-state index is 0.0885. The summed E-state index contributed by atoms with van der Waals surface area (Å²) in [5, 5.41) is 0.293. The van der Waals surface area contributed by atoms with Crippen molar-refractivity contribution in [3.8, 4) is 0 Å². The highest BCUT2D eigenvalue weighted by Gasteiger charge is 2.59. The number of amides is 2. The van der Waals surface area contributed by atoms with Crippen LogP contribution in [0.4, 0.5) is 0 Å². The fourth-order valence-corrected chi connectivity index (χ4v) is 4.26. The highest BCUT2D eigenvalue weighted by Crippen LogP contribution is 2.52.